The summed E-state index contributed by atoms with van der Waals surface area (Å²) >= 11 is 6.20. The summed E-state index contributed by atoms with van der Waals surface area (Å²) in [5, 5.41) is 4.18. The van der Waals surface area contributed by atoms with Gasteiger partial charge in [0.15, 0.2) is 11.5 Å². The third-order valence-corrected chi connectivity index (χ3v) is 7.09. The Labute approximate surface area is 227 Å². The third-order valence-electron chi connectivity index (χ3n) is 6.80. The van der Waals surface area contributed by atoms with Crippen LogP contribution in [0.4, 0.5) is 21.6 Å². The second-order valence-electron chi connectivity index (χ2n) is 9.50. The lowest BCUT2D eigenvalue weighted by molar-refractivity contribution is 0.288. The van der Waals surface area contributed by atoms with Gasteiger partial charge in [0.1, 0.15) is 18.0 Å². The molecule has 7 nitrogen and oxygen atoms in total. The van der Waals surface area contributed by atoms with Crippen LogP contribution in [0.5, 0.6) is 11.5 Å². The second kappa shape index (κ2) is 11.4. The summed E-state index contributed by atoms with van der Waals surface area (Å²) in [7, 11) is 3.65. The Bertz CT molecular complexity index is 1450. The van der Waals surface area contributed by atoms with Gasteiger partial charge >= 0.3 is 0 Å². The van der Waals surface area contributed by atoms with Gasteiger partial charge in [-0.15, -0.1) is 0 Å². The molecule has 0 saturated carbocycles. The first-order chi connectivity index (χ1) is 18.4. The average Bonchev–Trinajstić information content (AvgIpc) is 2.91. The largest absolute Gasteiger partial charge is 0.493 e. The highest BCUT2D eigenvalue weighted by atomic mass is 35.5. The average molecular weight is 536 g/mol. The van der Waals surface area contributed by atoms with Crippen LogP contribution in [-0.2, 0) is 6.54 Å². The number of anilines is 3. The fourth-order valence-electron chi connectivity index (χ4n) is 4.77. The van der Waals surface area contributed by atoms with Gasteiger partial charge in [-0.2, -0.15) is 0 Å². The van der Waals surface area contributed by atoms with E-state index in [2.05, 4.69) is 56.3 Å². The van der Waals surface area contributed by atoms with E-state index in [9.17, 15) is 4.39 Å². The van der Waals surface area contributed by atoms with Gasteiger partial charge in [-0.3, -0.25) is 0 Å². The molecule has 2 bridgehead atoms. The summed E-state index contributed by atoms with van der Waals surface area (Å²) in [4.78, 5) is 13.5. The smallest absolute Gasteiger partial charge is 0.162 e. The SMILES string of the molecule is COc1cc2ncnc3c2cc1OCCCN(c1ccccc1C)CCN(C)Cc1cc(F)c(Cl)cc1N3. The lowest BCUT2D eigenvalue weighted by atomic mass is 10.1. The predicted molar refractivity (Wildman–Crippen MR) is 151 cm³/mol. The summed E-state index contributed by atoms with van der Waals surface area (Å²) in [5.74, 6) is 1.34. The Morgan fingerprint density at radius 2 is 1.92 bits per heavy atom. The molecule has 0 unspecified atom stereocenters. The quantitative estimate of drug-likeness (QED) is 0.327. The molecule has 1 aliphatic heterocycles. The number of methoxy groups -OCH3 is 1. The van der Waals surface area contributed by atoms with Crippen LogP contribution in [0.3, 0.4) is 0 Å². The Hall–Kier alpha value is -3.62. The molecule has 4 aromatic rings. The summed E-state index contributed by atoms with van der Waals surface area (Å²) in [6, 6.07) is 15.2. The predicted octanol–water partition coefficient (Wildman–Crippen LogP) is 6.20. The first-order valence-corrected chi connectivity index (χ1v) is 13.0. The number of aryl methyl sites for hydroxylation is 1. The molecule has 1 aromatic heterocycles. The van der Waals surface area contributed by atoms with Gasteiger partial charge in [0.25, 0.3) is 0 Å². The standard InChI is InChI=1S/C29H31ClFN5O2/c1-19-7-4-5-8-26(19)36-9-6-12-38-28-14-21-25(16-27(28)37-3)32-18-33-29(21)34-24-15-22(30)23(31)13-20(24)17-35(2)10-11-36/h4-5,7-8,13-16,18H,6,9-12,17H2,1-3H3,(H,32,33,34). The summed E-state index contributed by atoms with van der Waals surface area (Å²) in [6.45, 7) is 5.60. The van der Waals surface area contributed by atoms with Crippen LogP contribution in [0.1, 0.15) is 17.5 Å². The zero-order valence-corrected chi connectivity index (χ0v) is 22.6. The molecule has 9 heteroatoms. The van der Waals surface area contributed by atoms with Crippen LogP contribution in [0.2, 0.25) is 5.02 Å². The molecule has 1 aliphatic rings. The number of ether oxygens (including phenoxy) is 2. The van der Waals surface area contributed by atoms with Crippen molar-refractivity contribution in [3.8, 4) is 11.5 Å². The minimum absolute atomic E-state index is 0.0445. The number of aromatic nitrogens is 2. The molecule has 0 atom stereocenters. The number of likely N-dealkylation sites (N-methyl/N-ethyl adjacent to an activating group) is 1. The van der Waals surface area contributed by atoms with Crippen molar-refractivity contribution in [3.63, 3.8) is 0 Å². The van der Waals surface area contributed by atoms with Gasteiger partial charge in [0, 0.05) is 49.0 Å². The second-order valence-corrected chi connectivity index (χ2v) is 9.91. The molecule has 198 valence electrons. The van der Waals surface area contributed by atoms with E-state index < -0.39 is 5.82 Å². The van der Waals surface area contributed by atoms with Gasteiger partial charge in [0.2, 0.25) is 0 Å². The molecule has 0 aliphatic carbocycles. The van der Waals surface area contributed by atoms with E-state index in [1.165, 1.54) is 23.6 Å². The maximum Gasteiger partial charge on any atom is 0.162 e. The number of fused-ring (bicyclic) bond motifs is 2. The van der Waals surface area contributed by atoms with Crippen molar-refractivity contribution < 1.29 is 13.9 Å². The van der Waals surface area contributed by atoms with Gasteiger partial charge < -0.3 is 24.6 Å². The van der Waals surface area contributed by atoms with Crippen molar-refractivity contribution in [1.82, 2.24) is 14.9 Å². The molecule has 0 fully saturated rings. The van der Waals surface area contributed by atoms with Crippen molar-refractivity contribution in [1.29, 1.82) is 0 Å². The van der Waals surface area contributed by atoms with Gasteiger partial charge in [-0.05, 0) is 55.8 Å². The zero-order chi connectivity index (χ0) is 26.6. The Kier molecular flexibility index (Phi) is 7.81. The van der Waals surface area contributed by atoms with E-state index in [1.54, 1.807) is 13.2 Å². The third kappa shape index (κ3) is 5.61. The van der Waals surface area contributed by atoms with Crippen LogP contribution < -0.4 is 19.7 Å². The number of hydrogen-bond donors (Lipinski definition) is 1. The maximum absolute atomic E-state index is 14.6. The molecule has 2 heterocycles. The van der Waals surface area contributed by atoms with E-state index in [1.807, 2.05) is 19.2 Å². The molecule has 1 N–H and O–H groups in total. The van der Waals surface area contributed by atoms with E-state index in [4.69, 9.17) is 21.1 Å². The molecule has 5 rings (SSSR count). The van der Waals surface area contributed by atoms with Gasteiger partial charge in [-0.1, -0.05) is 29.8 Å². The Morgan fingerprint density at radius 1 is 1.08 bits per heavy atom. The summed E-state index contributed by atoms with van der Waals surface area (Å²) in [5.41, 5.74) is 4.59. The topological polar surface area (TPSA) is 62.8 Å². The first-order valence-electron chi connectivity index (χ1n) is 12.6. The van der Waals surface area contributed by atoms with Crippen LogP contribution in [0.25, 0.3) is 10.9 Å². The normalized spacial score (nSPS) is 15.1. The fourth-order valence-corrected chi connectivity index (χ4v) is 4.93. The maximum atomic E-state index is 14.6. The molecular weight excluding hydrogens is 505 g/mol. The molecule has 38 heavy (non-hydrogen) atoms. The van der Waals surface area contributed by atoms with Crippen molar-refractivity contribution in [2.75, 3.05) is 50.6 Å². The number of benzene rings is 3. The number of nitrogens with one attached hydrogen (secondary N) is 1. The molecule has 3 aromatic carbocycles. The highest BCUT2D eigenvalue weighted by molar-refractivity contribution is 6.31. The van der Waals surface area contributed by atoms with Gasteiger partial charge in [-0.25, -0.2) is 14.4 Å². The molecule has 0 radical (unpaired) electrons. The van der Waals surface area contributed by atoms with E-state index in [0.717, 1.165) is 37.0 Å². The molecular formula is C29H31ClFN5O2. The number of halogens is 2. The monoisotopic (exact) mass is 535 g/mol. The summed E-state index contributed by atoms with van der Waals surface area (Å²) in [6.07, 6.45) is 2.31. The van der Waals surface area contributed by atoms with Crippen LogP contribution >= 0.6 is 11.6 Å². The van der Waals surface area contributed by atoms with E-state index in [0.29, 0.717) is 41.7 Å². The molecule has 0 saturated heterocycles. The van der Waals surface area contributed by atoms with Crippen LogP contribution in [0, 0.1) is 12.7 Å². The lowest BCUT2D eigenvalue weighted by Gasteiger charge is -2.29. The highest BCUT2D eigenvalue weighted by Crippen LogP contribution is 2.36. The first kappa shape index (κ1) is 26.0. The number of rotatable bonds is 2. The van der Waals surface area contributed by atoms with Crippen molar-refractivity contribution >= 4 is 39.7 Å². The minimum atomic E-state index is -0.454. The zero-order valence-electron chi connectivity index (χ0n) is 21.8. The van der Waals surface area contributed by atoms with E-state index in [-0.39, 0.29) is 5.02 Å². The minimum Gasteiger partial charge on any atom is -0.493 e. The van der Waals surface area contributed by atoms with Crippen LogP contribution in [0.15, 0.2) is 54.9 Å². The molecule has 0 spiro atoms. The lowest BCUT2D eigenvalue weighted by Crippen LogP contribution is -2.35. The van der Waals surface area contributed by atoms with E-state index >= 15 is 0 Å². The summed E-state index contributed by atoms with van der Waals surface area (Å²) < 4.78 is 26.4. The Morgan fingerprint density at radius 3 is 2.74 bits per heavy atom. The van der Waals surface area contributed by atoms with Crippen molar-refractivity contribution in [2.24, 2.45) is 0 Å². The number of hydrogen-bond acceptors (Lipinski definition) is 7. The number of nitrogens with zero attached hydrogens (tertiary/aromatic N) is 4. The number of para-hydroxylation sites is 1. The van der Waals surface area contributed by atoms with Crippen molar-refractivity contribution in [2.45, 2.75) is 19.9 Å². The van der Waals surface area contributed by atoms with Gasteiger partial charge in [0.05, 0.1) is 24.3 Å². The van der Waals surface area contributed by atoms with Crippen molar-refractivity contribution in [3.05, 3.63) is 76.8 Å². The molecule has 0 amide bonds. The fraction of sp³-hybridized carbons (Fsp3) is 0.310. The highest BCUT2D eigenvalue weighted by Gasteiger charge is 2.17. The Balaban J connectivity index is 1.57. The van der Waals surface area contributed by atoms with Crippen LogP contribution in [-0.4, -0.2) is 55.3 Å².